The lowest BCUT2D eigenvalue weighted by atomic mass is 9.95. The maximum absolute atomic E-state index is 13.3. The predicted octanol–water partition coefficient (Wildman–Crippen LogP) is 4.67. The number of ether oxygens (including phenoxy) is 2. The van der Waals surface area contributed by atoms with Crippen LogP contribution in [0.25, 0.3) is 5.76 Å². The van der Waals surface area contributed by atoms with Gasteiger partial charge in [-0.3, -0.25) is 14.5 Å². The Balaban J connectivity index is 1.49. The summed E-state index contributed by atoms with van der Waals surface area (Å²) >= 11 is 6.03. The van der Waals surface area contributed by atoms with Gasteiger partial charge in [0.15, 0.2) is 0 Å². The van der Waals surface area contributed by atoms with Crippen LogP contribution in [0.2, 0.25) is 5.02 Å². The van der Waals surface area contributed by atoms with Gasteiger partial charge in [-0.1, -0.05) is 54.1 Å². The fraction of sp³-hybridized carbons (Fsp3) is 0.267. The molecule has 1 N–H and O–H groups in total. The summed E-state index contributed by atoms with van der Waals surface area (Å²) in [6.07, 6.45) is 0. The summed E-state index contributed by atoms with van der Waals surface area (Å²) in [6.45, 7) is 4.12. The highest BCUT2D eigenvalue weighted by molar-refractivity contribution is 6.46. The minimum absolute atomic E-state index is 0.0551. The third-order valence-corrected chi connectivity index (χ3v) is 7.09. The first-order valence-corrected chi connectivity index (χ1v) is 13.0. The Labute approximate surface area is 226 Å². The number of amides is 1. The van der Waals surface area contributed by atoms with Crippen molar-refractivity contribution in [3.8, 4) is 5.75 Å². The van der Waals surface area contributed by atoms with Gasteiger partial charge in [-0.25, -0.2) is 0 Å². The number of aliphatic hydroxyl groups is 1. The number of carbonyl (C=O) groups is 2. The number of carbonyl (C=O) groups excluding carboxylic acids is 2. The summed E-state index contributed by atoms with van der Waals surface area (Å²) in [5, 5.41) is 11.8. The topological polar surface area (TPSA) is 79.3 Å². The van der Waals surface area contributed by atoms with Crippen molar-refractivity contribution in [1.29, 1.82) is 0 Å². The minimum Gasteiger partial charge on any atom is -0.507 e. The van der Waals surface area contributed by atoms with Gasteiger partial charge in [0.25, 0.3) is 11.7 Å². The Morgan fingerprint density at radius 1 is 0.947 bits per heavy atom. The zero-order chi connectivity index (χ0) is 26.5. The van der Waals surface area contributed by atoms with Crippen LogP contribution in [0.15, 0.2) is 84.4 Å². The number of likely N-dealkylation sites (tertiary alicyclic amines) is 1. The van der Waals surface area contributed by atoms with E-state index in [1.807, 2.05) is 54.6 Å². The van der Waals surface area contributed by atoms with E-state index in [0.717, 1.165) is 18.7 Å². The number of ketones is 1. The second kappa shape index (κ2) is 11.8. The maximum Gasteiger partial charge on any atom is 0.295 e. The van der Waals surface area contributed by atoms with E-state index in [2.05, 4.69) is 4.90 Å². The zero-order valence-electron chi connectivity index (χ0n) is 20.9. The van der Waals surface area contributed by atoms with E-state index >= 15 is 0 Å². The first-order chi connectivity index (χ1) is 18.5. The summed E-state index contributed by atoms with van der Waals surface area (Å²) in [5.74, 6) is -0.958. The molecule has 0 bridgehead atoms. The Hall–Kier alpha value is -3.65. The summed E-state index contributed by atoms with van der Waals surface area (Å²) in [6, 6.07) is 23.0. The molecule has 2 saturated heterocycles. The molecule has 2 aliphatic heterocycles. The minimum atomic E-state index is -0.757. The lowest BCUT2D eigenvalue weighted by Gasteiger charge is -2.31. The van der Waals surface area contributed by atoms with Crippen LogP contribution in [-0.4, -0.2) is 66.0 Å². The molecular weight excluding hydrogens is 504 g/mol. The van der Waals surface area contributed by atoms with Crippen LogP contribution in [-0.2, 0) is 20.9 Å². The van der Waals surface area contributed by atoms with E-state index in [-0.39, 0.29) is 11.3 Å². The number of hydrogen-bond donors (Lipinski definition) is 1. The third kappa shape index (κ3) is 5.75. The summed E-state index contributed by atoms with van der Waals surface area (Å²) < 4.78 is 11.5. The molecule has 0 saturated carbocycles. The predicted molar refractivity (Wildman–Crippen MR) is 145 cm³/mol. The number of benzene rings is 3. The van der Waals surface area contributed by atoms with Crippen molar-refractivity contribution < 1.29 is 24.2 Å². The molecule has 7 nitrogen and oxygen atoms in total. The average Bonchev–Trinajstić information content (AvgIpc) is 3.21. The van der Waals surface area contributed by atoms with Crippen molar-refractivity contribution >= 4 is 29.1 Å². The van der Waals surface area contributed by atoms with E-state index in [9.17, 15) is 14.7 Å². The van der Waals surface area contributed by atoms with Crippen molar-refractivity contribution in [1.82, 2.24) is 9.80 Å². The normalized spacial score (nSPS) is 19.6. The molecule has 1 amide bonds. The highest BCUT2D eigenvalue weighted by Gasteiger charge is 2.46. The maximum atomic E-state index is 13.3. The Morgan fingerprint density at radius 3 is 2.42 bits per heavy atom. The summed E-state index contributed by atoms with van der Waals surface area (Å²) in [4.78, 5) is 30.4. The molecule has 1 atom stereocenters. The number of hydrogen-bond acceptors (Lipinski definition) is 6. The first-order valence-electron chi connectivity index (χ1n) is 12.6. The monoisotopic (exact) mass is 532 g/mol. The van der Waals surface area contributed by atoms with Gasteiger partial charge < -0.3 is 19.5 Å². The average molecular weight is 533 g/mol. The number of Topliss-reactive ketones (excluding diaryl/α,β-unsaturated/α-hetero) is 1. The lowest BCUT2D eigenvalue weighted by Crippen LogP contribution is -2.42. The van der Waals surface area contributed by atoms with E-state index in [1.54, 1.807) is 29.2 Å². The number of aliphatic hydroxyl groups excluding tert-OH is 1. The van der Waals surface area contributed by atoms with Gasteiger partial charge in [0.05, 0.1) is 24.8 Å². The van der Waals surface area contributed by atoms with E-state index < -0.39 is 17.7 Å². The molecule has 8 heteroatoms. The molecule has 2 aliphatic rings. The fourth-order valence-electron chi connectivity index (χ4n) is 4.81. The van der Waals surface area contributed by atoms with Crippen molar-refractivity contribution in [2.75, 3.05) is 39.4 Å². The second-order valence-corrected chi connectivity index (χ2v) is 9.74. The summed E-state index contributed by atoms with van der Waals surface area (Å²) in [7, 11) is 0. The Morgan fingerprint density at radius 2 is 1.68 bits per heavy atom. The molecule has 0 aromatic heterocycles. The third-order valence-electron chi connectivity index (χ3n) is 6.84. The highest BCUT2D eigenvalue weighted by Crippen LogP contribution is 2.40. The number of rotatable bonds is 8. The molecule has 5 rings (SSSR count). The van der Waals surface area contributed by atoms with Crippen LogP contribution >= 0.6 is 11.6 Å². The Bertz CT molecular complexity index is 1320. The van der Waals surface area contributed by atoms with Crippen LogP contribution in [0.1, 0.15) is 22.7 Å². The van der Waals surface area contributed by atoms with Crippen molar-refractivity contribution in [3.05, 3.63) is 106 Å². The van der Waals surface area contributed by atoms with Gasteiger partial charge in [0.2, 0.25) is 0 Å². The molecule has 3 aromatic rings. The van der Waals surface area contributed by atoms with Crippen molar-refractivity contribution in [3.63, 3.8) is 0 Å². The van der Waals surface area contributed by atoms with Crippen molar-refractivity contribution in [2.24, 2.45) is 0 Å². The zero-order valence-corrected chi connectivity index (χ0v) is 21.6. The van der Waals surface area contributed by atoms with Crippen LogP contribution < -0.4 is 4.74 Å². The summed E-state index contributed by atoms with van der Waals surface area (Å²) in [5.41, 5.74) is 2.19. The molecule has 0 spiro atoms. The molecule has 3 aromatic carbocycles. The number of nitrogens with zero attached hydrogens (tertiary/aromatic N) is 2. The Kier molecular flexibility index (Phi) is 8.08. The first kappa shape index (κ1) is 26.0. The molecule has 0 aliphatic carbocycles. The van der Waals surface area contributed by atoms with E-state index in [4.69, 9.17) is 21.1 Å². The van der Waals surface area contributed by atoms with Crippen LogP contribution in [0.3, 0.4) is 0 Å². The van der Waals surface area contributed by atoms with Gasteiger partial charge in [0.1, 0.15) is 18.1 Å². The molecule has 38 heavy (non-hydrogen) atoms. The SMILES string of the molecule is O=C1C(=O)N(CCN2CCOCC2)C(c2cccc(OCc3ccccc3)c2)/C1=C(\O)c1ccc(Cl)cc1. The van der Waals surface area contributed by atoms with E-state index in [1.165, 1.54) is 0 Å². The molecule has 2 fully saturated rings. The van der Waals surface area contributed by atoms with E-state index in [0.29, 0.717) is 54.8 Å². The molecular formula is C30H29ClN2O5. The van der Waals surface area contributed by atoms with Gasteiger partial charge in [-0.05, 0) is 47.5 Å². The van der Waals surface area contributed by atoms with Gasteiger partial charge >= 0.3 is 0 Å². The van der Waals surface area contributed by atoms with Gasteiger partial charge in [0, 0.05) is 36.8 Å². The van der Waals surface area contributed by atoms with Crippen molar-refractivity contribution in [2.45, 2.75) is 12.6 Å². The number of morpholine rings is 1. The van der Waals surface area contributed by atoms with Gasteiger partial charge in [-0.15, -0.1) is 0 Å². The fourth-order valence-corrected chi connectivity index (χ4v) is 4.94. The smallest absolute Gasteiger partial charge is 0.295 e. The molecule has 0 radical (unpaired) electrons. The molecule has 196 valence electrons. The van der Waals surface area contributed by atoms with Crippen LogP contribution in [0.4, 0.5) is 0 Å². The second-order valence-electron chi connectivity index (χ2n) is 9.30. The largest absolute Gasteiger partial charge is 0.507 e. The number of halogens is 1. The lowest BCUT2D eigenvalue weighted by molar-refractivity contribution is -0.140. The molecule has 2 heterocycles. The standard InChI is InChI=1S/C30H29ClN2O5/c31-24-11-9-22(10-12-24)28(34)26-27(33(30(36)29(26)35)14-13-32-15-17-37-18-16-32)23-7-4-8-25(19-23)38-20-21-5-2-1-3-6-21/h1-12,19,27,34H,13-18,20H2/b28-26+. The molecule has 1 unspecified atom stereocenters. The van der Waals surface area contributed by atoms with Gasteiger partial charge in [-0.2, -0.15) is 0 Å². The quantitative estimate of drug-likeness (QED) is 0.258. The van der Waals surface area contributed by atoms with Crippen LogP contribution in [0.5, 0.6) is 5.75 Å². The van der Waals surface area contributed by atoms with Crippen LogP contribution in [0, 0.1) is 0 Å². The highest BCUT2D eigenvalue weighted by atomic mass is 35.5.